The Labute approximate surface area is 175 Å². The van der Waals surface area contributed by atoms with Crippen molar-refractivity contribution < 1.29 is 28.7 Å². The minimum atomic E-state index is -0.703. The fraction of sp³-hybridized carbons (Fsp3) is 0.304. The summed E-state index contributed by atoms with van der Waals surface area (Å²) >= 11 is 0. The Morgan fingerprint density at radius 2 is 1.70 bits per heavy atom. The van der Waals surface area contributed by atoms with Crippen molar-refractivity contribution in [3.8, 4) is 5.75 Å². The van der Waals surface area contributed by atoms with Crippen molar-refractivity contribution in [3.63, 3.8) is 0 Å². The molecule has 2 aromatic carbocycles. The van der Waals surface area contributed by atoms with Gasteiger partial charge in [0.25, 0.3) is 5.91 Å². The van der Waals surface area contributed by atoms with Crippen LogP contribution in [0.25, 0.3) is 0 Å². The van der Waals surface area contributed by atoms with Gasteiger partial charge in [-0.15, -0.1) is 0 Å². The van der Waals surface area contributed by atoms with E-state index in [-0.39, 0.29) is 18.0 Å². The van der Waals surface area contributed by atoms with E-state index in [4.69, 9.17) is 9.47 Å². The van der Waals surface area contributed by atoms with Crippen LogP contribution in [0.2, 0.25) is 0 Å². The first kappa shape index (κ1) is 22.8. The number of ketones is 2. The highest BCUT2D eigenvalue weighted by molar-refractivity contribution is 5.94. The molecule has 0 aromatic heterocycles. The summed E-state index contributed by atoms with van der Waals surface area (Å²) in [5.74, 6) is -1.10. The van der Waals surface area contributed by atoms with Gasteiger partial charge in [-0.05, 0) is 44.0 Å². The van der Waals surface area contributed by atoms with Gasteiger partial charge in [-0.2, -0.15) is 0 Å². The summed E-state index contributed by atoms with van der Waals surface area (Å²) in [6.07, 6.45) is 0.197. The maximum absolute atomic E-state index is 12.2. The molecular formula is C23H25NO6. The molecule has 0 spiro atoms. The Hall–Kier alpha value is -3.48. The van der Waals surface area contributed by atoms with E-state index < -0.39 is 24.5 Å². The highest BCUT2D eigenvalue weighted by Crippen LogP contribution is 2.21. The molecule has 2 aromatic rings. The minimum absolute atomic E-state index is 0.139. The molecule has 0 heterocycles. The molecule has 7 nitrogen and oxygen atoms in total. The zero-order valence-electron chi connectivity index (χ0n) is 17.3. The monoisotopic (exact) mass is 411 g/mol. The maximum atomic E-state index is 12.2. The van der Waals surface area contributed by atoms with Crippen molar-refractivity contribution in [3.05, 3.63) is 65.2 Å². The zero-order valence-corrected chi connectivity index (χ0v) is 17.3. The number of carbonyl (C=O) groups is 4. The molecule has 7 heteroatoms. The maximum Gasteiger partial charge on any atom is 0.310 e. The second-order valence-electron chi connectivity index (χ2n) is 6.84. The van der Waals surface area contributed by atoms with Gasteiger partial charge < -0.3 is 14.8 Å². The quantitative estimate of drug-likeness (QED) is 0.476. The predicted octanol–water partition coefficient (Wildman–Crippen LogP) is 2.30. The van der Waals surface area contributed by atoms with E-state index in [1.54, 1.807) is 18.2 Å². The number of hydrogen-bond donors (Lipinski definition) is 1. The van der Waals surface area contributed by atoms with E-state index in [0.717, 1.165) is 5.56 Å². The summed E-state index contributed by atoms with van der Waals surface area (Å²) in [5, 5.41) is 2.60. The molecule has 0 aliphatic heterocycles. The predicted molar refractivity (Wildman–Crippen MR) is 110 cm³/mol. The van der Waals surface area contributed by atoms with Crippen LogP contribution < -0.4 is 10.1 Å². The molecule has 1 amide bonds. The van der Waals surface area contributed by atoms with Crippen molar-refractivity contribution in [2.75, 3.05) is 13.7 Å². The first-order valence-electron chi connectivity index (χ1n) is 9.47. The third-order valence-electron chi connectivity index (χ3n) is 4.49. The number of nitrogens with one attached hydrogen (secondary N) is 1. The smallest absolute Gasteiger partial charge is 0.310 e. The highest BCUT2D eigenvalue weighted by atomic mass is 16.5. The molecule has 0 bridgehead atoms. The van der Waals surface area contributed by atoms with Gasteiger partial charge in [-0.1, -0.05) is 30.3 Å². The van der Waals surface area contributed by atoms with Crippen molar-refractivity contribution in [2.45, 2.75) is 32.7 Å². The molecule has 0 saturated carbocycles. The zero-order chi connectivity index (χ0) is 22.1. The van der Waals surface area contributed by atoms with Gasteiger partial charge in [0.1, 0.15) is 5.75 Å². The lowest BCUT2D eigenvalue weighted by molar-refractivity contribution is -0.148. The third-order valence-corrected chi connectivity index (χ3v) is 4.49. The lowest BCUT2D eigenvalue weighted by Crippen LogP contribution is -2.43. The first-order chi connectivity index (χ1) is 14.3. The Kier molecular flexibility index (Phi) is 8.29. The number of amides is 1. The van der Waals surface area contributed by atoms with E-state index in [1.165, 1.54) is 21.0 Å². The molecule has 30 heavy (non-hydrogen) atoms. The number of carbonyl (C=O) groups excluding carboxylic acids is 4. The standard InChI is InChI=1S/C23H25NO6/c1-15(25)18-9-10-21(29-3)19(12-18)13-23(28)30-14-22(27)24-20(16(2)26)11-17-7-5-4-6-8-17/h4-10,12,20H,11,13-14H2,1-3H3,(H,24,27)/t20-/m0/s1. The molecule has 0 aliphatic rings. The molecule has 0 saturated heterocycles. The SMILES string of the molecule is COc1ccc(C(C)=O)cc1CC(=O)OCC(=O)N[C@@H](Cc1ccccc1)C(C)=O. The van der Waals surface area contributed by atoms with Gasteiger partial charge >= 0.3 is 5.97 Å². The largest absolute Gasteiger partial charge is 0.496 e. The molecule has 0 aliphatic carbocycles. The lowest BCUT2D eigenvalue weighted by atomic mass is 10.0. The van der Waals surface area contributed by atoms with Crippen LogP contribution in [0.4, 0.5) is 0 Å². The molecular weight excluding hydrogens is 386 g/mol. The molecule has 1 atom stereocenters. The third kappa shape index (κ3) is 6.84. The molecule has 158 valence electrons. The molecule has 0 radical (unpaired) electrons. The summed E-state index contributed by atoms with van der Waals surface area (Å²) < 4.78 is 10.2. The number of Topliss-reactive ketones (excluding diaryl/α,β-unsaturated/α-hetero) is 2. The summed E-state index contributed by atoms with van der Waals surface area (Å²) in [6, 6.07) is 13.4. The minimum Gasteiger partial charge on any atom is -0.496 e. The number of hydrogen-bond acceptors (Lipinski definition) is 6. The Bertz CT molecular complexity index is 923. The van der Waals surface area contributed by atoms with E-state index in [9.17, 15) is 19.2 Å². The summed E-state index contributed by atoms with van der Waals surface area (Å²) in [6.45, 7) is 2.31. The number of ether oxygens (including phenoxy) is 2. The van der Waals surface area contributed by atoms with Gasteiger partial charge in [0, 0.05) is 11.1 Å². The fourth-order valence-corrected chi connectivity index (χ4v) is 2.87. The Balaban J connectivity index is 1.92. The van der Waals surface area contributed by atoms with Crippen LogP contribution in [-0.2, 0) is 32.0 Å². The number of rotatable bonds is 10. The number of benzene rings is 2. The van der Waals surface area contributed by atoms with Crippen molar-refractivity contribution in [1.82, 2.24) is 5.32 Å². The fourth-order valence-electron chi connectivity index (χ4n) is 2.87. The second-order valence-corrected chi connectivity index (χ2v) is 6.84. The van der Waals surface area contributed by atoms with Crippen LogP contribution in [0.15, 0.2) is 48.5 Å². The van der Waals surface area contributed by atoms with Crippen molar-refractivity contribution in [2.24, 2.45) is 0 Å². The number of methoxy groups -OCH3 is 1. The van der Waals surface area contributed by atoms with E-state index in [1.807, 2.05) is 30.3 Å². The van der Waals surface area contributed by atoms with Crippen LogP contribution in [0, 0.1) is 0 Å². The number of esters is 1. The van der Waals surface area contributed by atoms with E-state index in [0.29, 0.717) is 23.3 Å². The van der Waals surface area contributed by atoms with Gasteiger partial charge in [-0.25, -0.2) is 0 Å². The molecule has 2 rings (SSSR count). The average molecular weight is 411 g/mol. The summed E-state index contributed by atoms with van der Waals surface area (Å²) in [7, 11) is 1.46. The van der Waals surface area contributed by atoms with Gasteiger partial charge in [0.05, 0.1) is 19.6 Å². The normalized spacial score (nSPS) is 11.3. The van der Waals surface area contributed by atoms with Crippen molar-refractivity contribution >= 4 is 23.4 Å². The lowest BCUT2D eigenvalue weighted by Gasteiger charge is -2.16. The van der Waals surface area contributed by atoms with Crippen LogP contribution in [0.5, 0.6) is 5.75 Å². The van der Waals surface area contributed by atoms with Crippen LogP contribution >= 0.6 is 0 Å². The topological polar surface area (TPSA) is 98.8 Å². The van der Waals surface area contributed by atoms with E-state index >= 15 is 0 Å². The summed E-state index contributed by atoms with van der Waals surface area (Å²) in [5.41, 5.74) is 1.84. The van der Waals surface area contributed by atoms with Crippen LogP contribution in [0.1, 0.15) is 35.3 Å². The Morgan fingerprint density at radius 1 is 1.00 bits per heavy atom. The van der Waals surface area contributed by atoms with Crippen LogP contribution in [0.3, 0.4) is 0 Å². The van der Waals surface area contributed by atoms with Crippen molar-refractivity contribution in [1.29, 1.82) is 0 Å². The molecule has 1 N–H and O–H groups in total. The Morgan fingerprint density at radius 3 is 2.30 bits per heavy atom. The average Bonchev–Trinajstić information content (AvgIpc) is 2.72. The van der Waals surface area contributed by atoms with Gasteiger partial charge in [-0.3, -0.25) is 19.2 Å². The first-order valence-corrected chi connectivity index (χ1v) is 9.47. The highest BCUT2D eigenvalue weighted by Gasteiger charge is 2.19. The van der Waals surface area contributed by atoms with Gasteiger partial charge in [0.15, 0.2) is 18.2 Å². The van der Waals surface area contributed by atoms with Gasteiger partial charge in [0.2, 0.25) is 0 Å². The van der Waals surface area contributed by atoms with Crippen LogP contribution in [-0.4, -0.2) is 43.2 Å². The second kappa shape index (κ2) is 10.9. The summed E-state index contributed by atoms with van der Waals surface area (Å²) in [4.78, 5) is 47.7. The molecule has 0 fully saturated rings. The molecule has 0 unspecified atom stereocenters. The van der Waals surface area contributed by atoms with E-state index in [2.05, 4.69) is 5.32 Å².